The van der Waals surface area contributed by atoms with Gasteiger partial charge in [0.15, 0.2) is 28.1 Å². The maximum atomic E-state index is 9.98. The van der Waals surface area contributed by atoms with E-state index in [9.17, 15) is 5.11 Å². The van der Waals surface area contributed by atoms with Gasteiger partial charge in [-0.3, -0.25) is 0 Å². The molecular formula is C19H23N5O3S. The van der Waals surface area contributed by atoms with Gasteiger partial charge in [-0.1, -0.05) is 24.8 Å². The number of thioether (sulfide) groups is 1. The van der Waals surface area contributed by atoms with Crippen LogP contribution >= 0.6 is 11.8 Å². The van der Waals surface area contributed by atoms with E-state index in [1.807, 2.05) is 6.07 Å². The minimum atomic E-state index is 0.130. The van der Waals surface area contributed by atoms with Crippen LogP contribution in [0.3, 0.4) is 0 Å². The van der Waals surface area contributed by atoms with Crippen molar-refractivity contribution < 1.29 is 14.6 Å². The highest BCUT2D eigenvalue weighted by atomic mass is 32.2. The summed E-state index contributed by atoms with van der Waals surface area (Å²) in [5.74, 6) is 3.01. The number of aromatic nitrogens is 4. The van der Waals surface area contributed by atoms with Gasteiger partial charge in [0, 0.05) is 25.3 Å². The van der Waals surface area contributed by atoms with Gasteiger partial charge in [-0.2, -0.15) is 0 Å². The Morgan fingerprint density at radius 1 is 1.25 bits per heavy atom. The van der Waals surface area contributed by atoms with Crippen LogP contribution in [0.25, 0.3) is 11.2 Å². The zero-order chi connectivity index (χ0) is 19.5. The average molecular weight is 401 g/mol. The van der Waals surface area contributed by atoms with Crippen LogP contribution in [0, 0.1) is 0 Å². The number of fused-ring (bicyclic) bond motifs is 1. The van der Waals surface area contributed by atoms with E-state index in [-0.39, 0.29) is 5.75 Å². The molecule has 0 aliphatic carbocycles. The number of hydrogen-bond acceptors (Lipinski definition) is 8. The first kappa shape index (κ1) is 18.8. The van der Waals surface area contributed by atoms with E-state index in [0.29, 0.717) is 35.5 Å². The van der Waals surface area contributed by atoms with E-state index in [0.717, 1.165) is 42.2 Å². The lowest BCUT2D eigenvalue weighted by Crippen LogP contribution is -2.37. The molecule has 148 valence electrons. The van der Waals surface area contributed by atoms with E-state index >= 15 is 0 Å². The number of phenols is 1. The first-order valence-electron chi connectivity index (χ1n) is 9.26. The smallest absolute Gasteiger partial charge is 0.192 e. The van der Waals surface area contributed by atoms with Crippen LogP contribution in [0.2, 0.25) is 0 Å². The lowest BCUT2D eigenvalue weighted by molar-refractivity contribution is 0.122. The second kappa shape index (κ2) is 8.24. The summed E-state index contributed by atoms with van der Waals surface area (Å²) in [6.45, 7) is 5.03. The molecule has 2 N–H and O–H groups in total. The molecule has 0 spiro atoms. The molecule has 0 amide bonds. The standard InChI is InChI=1S/C19H23N5O3S/c1-3-15-20-16-17(21-15)22-19(23-18(16)24-6-8-27-9-7-24)28-11-12-4-5-14(26-2)13(25)10-12/h4-5,10,25H,3,6-9,11H2,1-2H3,(H,20,21,22,23). The lowest BCUT2D eigenvalue weighted by Gasteiger charge is -2.28. The summed E-state index contributed by atoms with van der Waals surface area (Å²) >= 11 is 1.52. The van der Waals surface area contributed by atoms with Gasteiger partial charge in [0.2, 0.25) is 0 Å². The monoisotopic (exact) mass is 401 g/mol. The van der Waals surface area contributed by atoms with E-state index in [1.54, 1.807) is 12.1 Å². The second-order valence-corrected chi connectivity index (χ2v) is 7.40. The molecule has 0 bridgehead atoms. The first-order chi connectivity index (χ1) is 13.7. The fourth-order valence-corrected chi connectivity index (χ4v) is 3.90. The topological polar surface area (TPSA) is 96.4 Å². The lowest BCUT2D eigenvalue weighted by atomic mass is 10.2. The molecule has 3 aromatic rings. The zero-order valence-corrected chi connectivity index (χ0v) is 16.8. The van der Waals surface area contributed by atoms with Crippen LogP contribution in [0.5, 0.6) is 11.5 Å². The van der Waals surface area contributed by atoms with Gasteiger partial charge >= 0.3 is 0 Å². The molecule has 28 heavy (non-hydrogen) atoms. The van der Waals surface area contributed by atoms with Gasteiger partial charge < -0.3 is 24.5 Å². The molecule has 0 atom stereocenters. The highest BCUT2D eigenvalue weighted by Crippen LogP contribution is 2.31. The first-order valence-corrected chi connectivity index (χ1v) is 10.2. The van der Waals surface area contributed by atoms with Gasteiger partial charge in [-0.15, -0.1) is 0 Å². The number of phenolic OH excluding ortho intramolecular Hbond substituents is 1. The van der Waals surface area contributed by atoms with Gasteiger partial charge in [0.1, 0.15) is 11.3 Å². The number of ether oxygens (including phenoxy) is 2. The van der Waals surface area contributed by atoms with E-state index in [2.05, 4.69) is 26.8 Å². The molecule has 3 heterocycles. The SMILES string of the molecule is CCc1nc2nc(SCc3ccc(OC)c(O)c3)nc(N3CCOCC3)c2[nH]1. The zero-order valence-electron chi connectivity index (χ0n) is 15.9. The number of nitrogens with zero attached hydrogens (tertiary/aromatic N) is 4. The fourth-order valence-electron chi connectivity index (χ4n) is 3.12. The van der Waals surface area contributed by atoms with E-state index in [1.165, 1.54) is 18.9 Å². The number of imidazole rings is 1. The van der Waals surface area contributed by atoms with Gasteiger partial charge in [-0.05, 0) is 17.7 Å². The molecular weight excluding hydrogens is 378 g/mol. The minimum Gasteiger partial charge on any atom is -0.504 e. The Labute approximate surface area is 167 Å². The van der Waals surface area contributed by atoms with Crippen LogP contribution < -0.4 is 9.64 Å². The third-order valence-electron chi connectivity index (χ3n) is 4.62. The highest BCUT2D eigenvalue weighted by Gasteiger charge is 2.20. The number of H-pyrrole nitrogens is 1. The number of hydrogen-bond donors (Lipinski definition) is 2. The predicted molar refractivity (Wildman–Crippen MR) is 108 cm³/mol. The molecule has 2 aromatic heterocycles. The average Bonchev–Trinajstić information content (AvgIpc) is 3.15. The Bertz CT molecular complexity index is 972. The molecule has 4 rings (SSSR count). The Morgan fingerprint density at radius 3 is 2.79 bits per heavy atom. The number of benzene rings is 1. The maximum absolute atomic E-state index is 9.98. The Balaban J connectivity index is 1.62. The maximum Gasteiger partial charge on any atom is 0.192 e. The third-order valence-corrected chi connectivity index (χ3v) is 5.54. The van der Waals surface area contributed by atoms with Crippen molar-refractivity contribution in [3.05, 3.63) is 29.6 Å². The van der Waals surface area contributed by atoms with Crippen molar-refractivity contribution in [3.8, 4) is 11.5 Å². The normalized spacial score (nSPS) is 14.6. The van der Waals surface area contributed by atoms with Crippen LogP contribution in [-0.4, -0.2) is 58.5 Å². The van der Waals surface area contributed by atoms with Crippen molar-refractivity contribution in [1.29, 1.82) is 0 Å². The van der Waals surface area contributed by atoms with Crippen molar-refractivity contribution in [2.24, 2.45) is 0 Å². The van der Waals surface area contributed by atoms with Crippen molar-refractivity contribution in [3.63, 3.8) is 0 Å². The summed E-state index contributed by atoms with van der Waals surface area (Å²) in [6.07, 6.45) is 0.812. The molecule has 0 radical (unpaired) electrons. The number of anilines is 1. The van der Waals surface area contributed by atoms with Gasteiger partial charge in [0.05, 0.1) is 20.3 Å². The highest BCUT2D eigenvalue weighted by molar-refractivity contribution is 7.98. The molecule has 1 saturated heterocycles. The number of aromatic amines is 1. The third kappa shape index (κ3) is 3.85. The number of rotatable bonds is 6. The quantitative estimate of drug-likeness (QED) is 0.481. The van der Waals surface area contributed by atoms with Crippen molar-refractivity contribution in [2.45, 2.75) is 24.3 Å². The molecule has 1 aliphatic heterocycles. The van der Waals surface area contributed by atoms with Crippen molar-refractivity contribution >= 4 is 28.7 Å². The number of morpholine rings is 1. The molecule has 1 aliphatic rings. The van der Waals surface area contributed by atoms with Crippen LogP contribution in [0.4, 0.5) is 5.82 Å². The summed E-state index contributed by atoms with van der Waals surface area (Å²) in [5.41, 5.74) is 2.54. The Kier molecular flexibility index (Phi) is 5.54. The van der Waals surface area contributed by atoms with Crippen molar-refractivity contribution in [2.75, 3.05) is 38.3 Å². The summed E-state index contributed by atoms with van der Waals surface area (Å²) < 4.78 is 10.6. The van der Waals surface area contributed by atoms with Gasteiger partial charge in [-0.25, -0.2) is 15.0 Å². The van der Waals surface area contributed by atoms with Crippen molar-refractivity contribution in [1.82, 2.24) is 19.9 Å². The number of aromatic hydroxyl groups is 1. The summed E-state index contributed by atoms with van der Waals surface area (Å²) in [7, 11) is 1.54. The fraction of sp³-hybridized carbons (Fsp3) is 0.421. The van der Waals surface area contributed by atoms with E-state index < -0.39 is 0 Å². The number of nitrogens with one attached hydrogen (secondary N) is 1. The number of aryl methyl sites for hydroxylation is 1. The number of methoxy groups -OCH3 is 1. The Hall–Kier alpha value is -2.52. The predicted octanol–water partition coefficient (Wildman–Crippen LogP) is 2.76. The minimum absolute atomic E-state index is 0.130. The Morgan fingerprint density at radius 2 is 2.07 bits per heavy atom. The van der Waals surface area contributed by atoms with Gasteiger partial charge in [0.25, 0.3) is 0 Å². The molecule has 1 fully saturated rings. The molecule has 9 heteroatoms. The molecule has 0 unspecified atom stereocenters. The summed E-state index contributed by atoms with van der Waals surface area (Å²) in [4.78, 5) is 19.6. The second-order valence-electron chi connectivity index (χ2n) is 6.46. The summed E-state index contributed by atoms with van der Waals surface area (Å²) in [5, 5.41) is 10.6. The van der Waals surface area contributed by atoms with E-state index in [4.69, 9.17) is 14.5 Å². The molecule has 0 saturated carbocycles. The summed E-state index contributed by atoms with van der Waals surface area (Å²) in [6, 6.07) is 5.39. The molecule has 8 nitrogen and oxygen atoms in total. The largest absolute Gasteiger partial charge is 0.504 e. The van der Waals surface area contributed by atoms with Crippen LogP contribution in [0.15, 0.2) is 23.4 Å². The molecule has 1 aromatic carbocycles. The van der Waals surface area contributed by atoms with Crippen LogP contribution in [0.1, 0.15) is 18.3 Å². The van der Waals surface area contributed by atoms with Crippen LogP contribution in [-0.2, 0) is 16.9 Å².